The lowest BCUT2D eigenvalue weighted by atomic mass is 10.2. The Morgan fingerprint density at radius 2 is 2.22 bits per heavy atom. The third kappa shape index (κ3) is 0.778. The Morgan fingerprint density at radius 1 is 1.44 bits per heavy atom. The van der Waals surface area contributed by atoms with Gasteiger partial charge in [-0.3, -0.25) is 0 Å². The predicted octanol–water partition coefficient (Wildman–Crippen LogP) is 0.897. The fourth-order valence-electron chi connectivity index (χ4n) is 1.45. The largest absolute Gasteiger partial charge is 0.364 e. The van der Waals surface area contributed by atoms with Gasteiger partial charge < -0.3 is 9.53 Å². The van der Waals surface area contributed by atoms with Crippen molar-refractivity contribution < 1.29 is 9.53 Å². The number of ether oxygens (including phenoxy) is 1. The maximum absolute atomic E-state index is 10.2. The molecular formula is C7H10O2. The molecule has 2 nitrogen and oxygen atoms in total. The highest BCUT2D eigenvalue weighted by Gasteiger charge is 2.49. The Balaban J connectivity index is 2.00. The summed E-state index contributed by atoms with van der Waals surface area (Å²) in [5, 5.41) is 0. The van der Waals surface area contributed by atoms with Crippen LogP contribution >= 0.6 is 0 Å². The zero-order valence-electron chi connectivity index (χ0n) is 5.30. The number of carbonyl (C=O) groups excluding carboxylic acids is 1. The van der Waals surface area contributed by atoms with Gasteiger partial charge in [-0.15, -0.1) is 0 Å². The first kappa shape index (κ1) is 5.42. The maximum Gasteiger partial charge on any atom is 0.148 e. The van der Waals surface area contributed by atoms with Gasteiger partial charge in [0.2, 0.25) is 0 Å². The molecule has 0 bridgehead atoms. The van der Waals surface area contributed by atoms with Gasteiger partial charge in [0.05, 0.1) is 5.60 Å². The van der Waals surface area contributed by atoms with Gasteiger partial charge in [-0.05, 0) is 25.7 Å². The predicted molar refractivity (Wildman–Crippen MR) is 32.1 cm³/mol. The Hall–Kier alpha value is -0.370. The lowest BCUT2D eigenvalue weighted by molar-refractivity contribution is -0.118. The van der Waals surface area contributed by atoms with E-state index in [4.69, 9.17) is 4.74 Å². The molecule has 0 amide bonds. The molecular weight excluding hydrogens is 116 g/mol. The van der Waals surface area contributed by atoms with Crippen molar-refractivity contribution in [1.82, 2.24) is 0 Å². The van der Waals surface area contributed by atoms with Crippen LogP contribution < -0.4 is 0 Å². The van der Waals surface area contributed by atoms with Crippen LogP contribution in [0.5, 0.6) is 0 Å². The average molecular weight is 126 g/mol. The Kier molecular flexibility index (Phi) is 0.943. The van der Waals surface area contributed by atoms with E-state index in [1.807, 2.05) is 0 Å². The number of aldehydes is 1. The molecule has 0 unspecified atom stereocenters. The first-order valence-electron chi connectivity index (χ1n) is 3.48. The second-order valence-corrected chi connectivity index (χ2v) is 3.01. The number of hydrogen-bond donors (Lipinski definition) is 0. The quantitative estimate of drug-likeness (QED) is 0.488. The molecule has 0 aromatic heterocycles. The van der Waals surface area contributed by atoms with Crippen LogP contribution in [0.4, 0.5) is 0 Å². The van der Waals surface area contributed by atoms with E-state index in [9.17, 15) is 4.79 Å². The number of hydrogen-bond acceptors (Lipinski definition) is 2. The summed E-state index contributed by atoms with van der Waals surface area (Å²) in [5.41, 5.74) is 0.186. The molecule has 1 spiro atoms. The first-order chi connectivity index (χ1) is 4.35. The minimum atomic E-state index is -0.0764. The van der Waals surface area contributed by atoms with Gasteiger partial charge in [-0.2, -0.15) is 0 Å². The number of rotatable bonds is 1. The Morgan fingerprint density at radius 3 is 2.56 bits per heavy atom. The molecule has 9 heavy (non-hydrogen) atoms. The van der Waals surface area contributed by atoms with Crippen molar-refractivity contribution in [3.63, 3.8) is 0 Å². The molecule has 2 rings (SSSR count). The van der Waals surface area contributed by atoms with Gasteiger partial charge in [0, 0.05) is 0 Å². The standard InChI is InChI=1S/C7H10O2/c8-5-6-1-2-7(9-6)3-4-7/h5-6H,1-4H2/t6-/m0/s1. The van der Waals surface area contributed by atoms with Gasteiger partial charge >= 0.3 is 0 Å². The summed E-state index contributed by atoms with van der Waals surface area (Å²) < 4.78 is 5.44. The number of carbonyl (C=O) groups is 1. The molecule has 0 aromatic rings. The van der Waals surface area contributed by atoms with E-state index < -0.39 is 0 Å². The normalized spacial score (nSPS) is 37.1. The minimum Gasteiger partial charge on any atom is -0.364 e. The lowest BCUT2D eigenvalue weighted by Crippen LogP contribution is -2.11. The molecule has 2 heteroatoms. The third-order valence-corrected chi connectivity index (χ3v) is 2.25. The van der Waals surface area contributed by atoms with Crippen molar-refractivity contribution in [2.75, 3.05) is 0 Å². The van der Waals surface area contributed by atoms with E-state index in [1.165, 1.54) is 12.8 Å². The monoisotopic (exact) mass is 126 g/mol. The van der Waals surface area contributed by atoms with Crippen LogP contribution in [0.3, 0.4) is 0 Å². The molecule has 0 N–H and O–H groups in total. The molecule has 1 aliphatic carbocycles. The fraction of sp³-hybridized carbons (Fsp3) is 0.857. The van der Waals surface area contributed by atoms with Gasteiger partial charge in [0.1, 0.15) is 12.4 Å². The van der Waals surface area contributed by atoms with E-state index in [-0.39, 0.29) is 11.7 Å². The molecule has 2 fully saturated rings. The molecule has 1 aliphatic heterocycles. The highest BCUT2D eigenvalue weighted by molar-refractivity contribution is 5.56. The Labute approximate surface area is 54.2 Å². The van der Waals surface area contributed by atoms with E-state index in [0.717, 1.165) is 19.1 Å². The van der Waals surface area contributed by atoms with Gasteiger partial charge in [0.25, 0.3) is 0 Å². The van der Waals surface area contributed by atoms with Crippen molar-refractivity contribution in [2.45, 2.75) is 37.4 Å². The maximum atomic E-state index is 10.2. The van der Waals surface area contributed by atoms with Gasteiger partial charge in [0.15, 0.2) is 0 Å². The molecule has 0 radical (unpaired) electrons. The molecule has 1 heterocycles. The van der Waals surface area contributed by atoms with Crippen LogP contribution in [0.25, 0.3) is 0 Å². The molecule has 1 saturated carbocycles. The van der Waals surface area contributed by atoms with Gasteiger partial charge in [-0.25, -0.2) is 0 Å². The summed E-state index contributed by atoms with van der Waals surface area (Å²) in [5.74, 6) is 0. The van der Waals surface area contributed by atoms with Crippen molar-refractivity contribution in [3.05, 3.63) is 0 Å². The molecule has 0 aromatic carbocycles. The fourth-order valence-corrected chi connectivity index (χ4v) is 1.45. The van der Waals surface area contributed by atoms with Crippen molar-refractivity contribution >= 4 is 6.29 Å². The summed E-state index contributed by atoms with van der Waals surface area (Å²) in [6, 6.07) is 0. The molecule has 1 saturated heterocycles. The van der Waals surface area contributed by atoms with E-state index >= 15 is 0 Å². The minimum absolute atomic E-state index is 0.0764. The van der Waals surface area contributed by atoms with Crippen LogP contribution in [0.2, 0.25) is 0 Å². The van der Waals surface area contributed by atoms with Gasteiger partial charge in [-0.1, -0.05) is 0 Å². The first-order valence-corrected chi connectivity index (χ1v) is 3.48. The van der Waals surface area contributed by atoms with Crippen LogP contribution in [0.15, 0.2) is 0 Å². The SMILES string of the molecule is O=C[C@@H]1CCC2(CC2)O1. The topological polar surface area (TPSA) is 26.3 Å². The van der Waals surface area contributed by atoms with Crippen molar-refractivity contribution in [2.24, 2.45) is 0 Å². The van der Waals surface area contributed by atoms with Crippen LogP contribution in [0.1, 0.15) is 25.7 Å². The summed E-state index contributed by atoms with van der Waals surface area (Å²) in [6.07, 6.45) is 5.26. The third-order valence-electron chi connectivity index (χ3n) is 2.25. The summed E-state index contributed by atoms with van der Waals surface area (Å²) in [6.45, 7) is 0. The smallest absolute Gasteiger partial charge is 0.148 e. The zero-order chi connectivity index (χ0) is 6.32. The van der Waals surface area contributed by atoms with Crippen LogP contribution in [0, 0.1) is 0 Å². The van der Waals surface area contributed by atoms with Crippen molar-refractivity contribution in [3.8, 4) is 0 Å². The second kappa shape index (κ2) is 1.57. The summed E-state index contributed by atoms with van der Waals surface area (Å²) in [7, 11) is 0. The van der Waals surface area contributed by atoms with E-state index in [0.29, 0.717) is 0 Å². The van der Waals surface area contributed by atoms with Crippen LogP contribution in [-0.2, 0) is 9.53 Å². The zero-order valence-corrected chi connectivity index (χ0v) is 5.30. The molecule has 1 atom stereocenters. The van der Waals surface area contributed by atoms with Crippen LogP contribution in [-0.4, -0.2) is 18.0 Å². The highest BCUT2D eigenvalue weighted by Crippen LogP contribution is 2.48. The van der Waals surface area contributed by atoms with Crippen molar-refractivity contribution in [1.29, 1.82) is 0 Å². The van der Waals surface area contributed by atoms with E-state index in [2.05, 4.69) is 0 Å². The molecule has 50 valence electrons. The second-order valence-electron chi connectivity index (χ2n) is 3.01. The Bertz CT molecular complexity index is 138. The van der Waals surface area contributed by atoms with E-state index in [1.54, 1.807) is 0 Å². The summed E-state index contributed by atoms with van der Waals surface area (Å²) in [4.78, 5) is 10.2. The summed E-state index contributed by atoms with van der Waals surface area (Å²) >= 11 is 0. The molecule has 2 aliphatic rings. The highest BCUT2D eigenvalue weighted by atomic mass is 16.5. The lowest BCUT2D eigenvalue weighted by Gasteiger charge is -2.04. The average Bonchev–Trinajstić information content (AvgIpc) is 2.44.